The summed E-state index contributed by atoms with van der Waals surface area (Å²) in [5.74, 6) is 1.23. The topological polar surface area (TPSA) is 56.8 Å². The summed E-state index contributed by atoms with van der Waals surface area (Å²) in [7, 11) is 1.69. The molecule has 0 bridgehead atoms. The smallest absolute Gasteiger partial charge is 0.263 e. The fourth-order valence-electron chi connectivity index (χ4n) is 3.78. The molecule has 5 nitrogen and oxygen atoms in total. The molecule has 5 heteroatoms. The Hall–Kier alpha value is -1.59. The second-order valence-electron chi connectivity index (χ2n) is 7.34. The van der Waals surface area contributed by atoms with Gasteiger partial charge in [-0.25, -0.2) is 0 Å². The van der Waals surface area contributed by atoms with Crippen LogP contribution in [0, 0.1) is 18.8 Å². The van der Waals surface area contributed by atoms with Crippen molar-refractivity contribution in [1.82, 2.24) is 5.32 Å². The first kappa shape index (κ1) is 17.2. The van der Waals surface area contributed by atoms with Crippen molar-refractivity contribution in [2.45, 2.75) is 44.9 Å². The third-order valence-corrected chi connectivity index (χ3v) is 5.09. The van der Waals surface area contributed by atoms with Crippen LogP contribution in [-0.4, -0.2) is 44.0 Å². The third kappa shape index (κ3) is 3.28. The zero-order valence-electron chi connectivity index (χ0n) is 14.9. The number of carbonyl (C=O) groups is 1. The summed E-state index contributed by atoms with van der Waals surface area (Å²) >= 11 is 0. The summed E-state index contributed by atoms with van der Waals surface area (Å²) in [5.41, 5.74) is 0.171. The molecule has 1 heterocycles. The molecule has 1 aromatic carbocycles. The standard InChI is InChI=1S/C19H27NO4/c1-12-6-5-7-13(10-12)24-19(2,3)18(21)20-16-14-8-9-23-17(14)15(16)11-22-4/h5-7,10,14-17H,8-9,11H2,1-4H3,(H,20,21)/t14-,15-,16-,17-/m1/s1. The minimum atomic E-state index is -0.935. The lowest BCUT2D eigenvalue weighted by molar-refractivity contribution is -0.142. The van der Waals surface area contributed by atoms with Crippen LogP contribution >= 0.6 is 0 Å². The Morgan fingerprint density at radius 1 is 1.42 bits per heavy atom. The molecule has 1 saturated heterocycles. The fraction of sp³-hybridized carbons (Fsp3) is 0.632. The second kappa shape index (κ2) is 6.73. The van der Waals surface area contributed by atoms with E-state index in [1.165, 1.54) is 0 Å². The maximum atomic E-state index is 12.8. The van der Waals surface area contributed by atoms with Crippen LogP contribution in [0.5, 0.6) is 5.75 Å². The number of ether oxygens (including phenoxy) is 3. The van der Waals surface area contributed by atoms with Crippen molar-refractivity contribution >= 4 is 5.91 Å². The Balaban J connectivity index is 1.64. The normalized spacial score (nSPS) is 28.8. The monoisotopic (exact) mass is 333 g/mol. The van der Waals surface area contributed by atoms with E-state index in [0.29, 0.717) is 18.3 Å². The predicted molar refractivity (Wildman–Crippen MR) is 91.0 cm³/mol. The van der Waals surface area contributed by atoms with Gasteiger partial charge < -0.3 is 19.5 Å². The summed E-state index contributed by atoms with van der Waals surface area (Å²) < 4.78 is 17.0. The number of hydrogen-bond donors (Lipinski definition) is 1. The van der Waals surface area contributed by atoms with Gasteiger partial charge in [0.2, 0.25) is 0 Å². The van der Waals surface area contributed by atoms with E-state index in [4.69, 9.17) is 14.2 Å². The summed E-state index contributed by atoms with van der Waals surface area (Å²) in [4.78, 5) is 12.8. The number of rotatable bonds is 6. The Morgan fingerprint density at radius 3 is 2.92 bits per heavy atom. The SMILES string of the molecule is COC[C@@H]1[C@H](NC(=O)C(C)(C)Oc2cccc(C)c2)[C@H]2CCO[C@H]21. The summed E-state index contributed by atoms with van der Waals surface area (Å²) in [6.07, 6.45) is 1.21. The molecule has 1 N–H and O–H groups in total. The first-order valence-corrected chi connectivity index (χ1v) is 8.59. The van der Waals surface area contributed by atoms with E-state index in [1.54, 1.807) is 21.0 Å². The van der Waals surface area contributed by atoms with Crippen molar-refractivity contribution in [1.29, 1.82) is 0 Å². The van der Waals surface area contributed by atoms with Crippen molar-refractivity contribution in [3.8, 4) is 5.75 Å². The lowest BCUT2D eigenvalue weighted by Crippen LogP contribution is -2.65. The maximum Gasteiger partial charge on any atom is 0.263 e. The van der Waals surface area contributed by atoms with Gasteiger partial charge in [-0.3, -0.25) is 4.79 Å². The summed E-state index contributed by atoms with van der Waals surface area (Å²) in [6, 6.07) is 7.85. The van der Waals surface area contributed by atoms with Crippen molar-refractivity contribution in [3.63, 3.8) is 0 Å². The van der Waals surface area contributed by atoms with Gasteiger partial charge in [0, 0.05) is 31.6 Å². The Bertz CT molecular complexity index is 601. The number of hydrogen-bond acceptors (Lipinski definition) is 4. The number of carbonyl (C=O) groups excluding carboxylic acids is 1. The van der Waals surface area contributed by atoms with E-state index in [9.17, 15) is 4.79 Å². The molecular weight excluding hydrogens is 306 g/mol. The maximum absolute atomic E-state index is 12.8. The zero-order valence-corrected chi connectivity index (χ0v) is 14.9. The van der Waals surface area contributed by atoms with E-state index in [1.807, 2.05) is 31.2 Å². The van der Waals surface area contributed by atoms with Crippen molar-refractivity contribution in [2.75, 3.05) is 20.3 Å². The molecule has 2 fully saturated rings. The molecule has 1 aliphatic carbocycles. The molecule has 24 heavy (non-hydrogen) atoms. The minimum absolute atomic E-state index is 0.0968. The Kier molecular flexibility index (Phi) is 4.83. The molecule has 1 amide bonds. The highest BCUT2D eigenvalue weighted by Gasteiger charge is 2.55. The first-order valence-electron chi connectivity index (χ1n) is 8.59. The molecule has 0 aromatic heterocycles. The van der Waals surface area contributed by atoms with Gasteiger partial charge in [0.1, 0.15) is 5.75 Å². The number of methoxy groups -OCH3 is 1. The number of fused-ring (bicyclic) bond motifs is 1. The minimum Gasteiger partial charge on any atom is -0.478 e. The van der Waals surface area contributed by atoms with Gasteiger partial charge in [-0.05, 0) is 44.9 Å². The summed E-state index contributed by atoms with van der Waals surface area (Å²) in [6.45, 7) is 6.98. The van der Waals surface area contributed by atoms with Crippen LogP contribution < -0.4 is 10.1 Å². The molecule has 2 aliphatic rings. The van der Waals surface area contributed by atoms with Crippen LogP contribution in [0.25, 0.3) is 0 Å². The van der Waals surface area contributed by atoms with E-state index in [-0.39, 0.29) is 24.0 Å². The third-order valence-electron chi connectivity index (χ3n) is 5.09. The molecule has 0 radical (unpaired) electrons. The fourth-order valence-corrected chi connectivity index (χ4v) is 3.78. The quantitative estimate of drug-likeness (QED) is 0.868. The van der Waals surface area contributed by atoms with E-state index < -0.39 is 5.60 Å². The highest BCUT2D eigenvalue weighted by atomic mass is 16.5. The van der Waals surface area contributed by atoms with Gasteiger partial charge in [-0.15, -0.1) is 0 Å². The van der Waals surface area contributed by atoms with Gasteiger partial charge in [-0.1, -0.05) is 12.1 Å². The average Bonchev–Trinajstić information content (AvgIpc) is 2.94. The predicted octanol–water partition coefficient (Wildman–Crippen LogP) is 2.32. The Labute approximate surface area is 143 Å². The van der Waals surface area contributed by atoms with Crippen molar-refractivity contribution < 1.29 is 19.0 Å². The lowest BCUT2D eigenvalue weighted by atomic mass is 9.67. The van der Waals surface area contributed by atoms with E-state index >= 15 is 0 Å². The van der Waals surface area contributed by atoms with Gasteiger partial charge >= 0.3 is 0 Å². The van der Waals surface area contributed by atoms with Crippen LogP contribution in [0.1, 0.15) is 25.8 Å². The molecule has 1 saturated carbocycles. The number of benzene rings is 1. The molecule has 3 rings (SSSR count). The number of nitrogens with one attached hydrogen (secondary N) is 1. The zero-order chi connectivity index (χ0) is 17.3. The van der Waals surface area contributed by atoms with E-state index in [2.05, 4.69) is 5.32 Å². The highest BCUT2D eigenvalue weighted by molar-refractivity contribution is 5.85. The highest BCUT2D eigenvalue weighted by Crippen LogP contribution is 2.44. The van der Waals surface area contributed by atoms with Crippen LogP contribution in [0.2, 0.25) is 0 Å². The molecule has 4 atom stereocenters. The second-order valence-corrected chi connectivity index (χ2v) is 7.34. The summed E-state index contributed by atoms with van der Waals surface area (Å²) in [5, 5.41) is 3.17. The van der Waals surface area contributed by atoms with Gasteiger partial charge in [0.25, 0.3) is 5.91 Å². The van der Waals surface area contributed by atoms with E-state index in [0.717, 1.165) is 18.6 Å². The van der Waals surface area contributed by atoms with Crippen LogP contribution in [0.3, 0.4) is 0 Å². The molecule has 0 unspecified atom stereocenters. The van der Waals surface area contributed by atoms with Crippen molar-refractivity contribution in [3.05, 3.63) is 29.8 Å². The molecule has 1 aromatic rings. The van der Waals surface area contributed by atoms with Crippen LogP contribution in [0.4, 0.5) is 0 Å². The molecular formula is C19H27NO4. The average molecular weight is 333 g/mol. The van der Waals surface area contributed by atoms with Gasteiger partial charge in [-0.2, -0.15) is 0 Å². The number of amides is 1. The van der Waals surface area contributed by atoms with Crippen molar-refractivity contribution in [2.24, 2.45) is 11.8 Å². The number of aryl methyl sites for hydroxylation is 1. The van der Waals surface area contributed by atoms with Crippen LogP contribution in [-0.2, 0) is 14.3 Å². The van der Waals surface area contributed by atoms with Gasteiger partial charge in [0.05, 0.1) is 12.7 Å². The van der Waals surface area contributed by atoms with Crippen LogP contribution in [0.15, 0.2) is 24.3 Å². The van der Waals surface area contributed by atoms with Gasteiger partial charge in [0.15, 0.2) is 5.60 Å². The molecule has 0 spiro atoms. The molecule has 132 valence electrons. The lowest BCUT2D eigenvalue weighted by Gasteiger charge is -2.48. The Morgan fingerprint density at radius 2 is 2.21 bits per heavy atom. The largest absolute Gasteiger partial charge is 0.478 e. The first-order chi connectivity index (χ1) is 11.4. The molecule has 1 aliphatic heterocycles.